The molecule has 0 radical (unpaired) electrons. The molecule has 0 bridgehead atoms. The van der Waals surface area contributed by atoms with E-state index in [0.717, 1.165) is 6.42 Å². The number of H-pyrrole nitrogens is 1. The number of hydrogen-bond donors (Lipinski definition) is 2. The number of carbonyl (C=O) groups is 1. The molecular formula is C20H21F3N6O3. The minimum absolute atomic E-state index is 0.0952. The first-order valence-electron chi connectivity index (χ1n) is 9.79. The fourth-order valence-corrected chi connectivity index (χ4v) is 3.03. The topological polar surface area (TPSA) is 115 Å². The van der Waals surface area contributed by atoms with Crippen molar-refractivity contribution in [1.82, 2.24) is 20.0 Å². The molecule has 0 atom stereocenters. The summed E-state index contributed by atoms with van der Waals surface area (Å²) in [4.78, 5) is 31.6. The Labute approximate surface area is 181 Å². The lowest BCUT2D eigenvalue weighted by atomic mass is 10.1. The summed E-state index contributed by atoms with van der Waals surface area (Å²) in [6.07, 6.45) is -2.47. The largest absolute Gasteiger partial charge is 0.438 e. The summed E-state index contributed by atoms with van der Waals surface area (Å²) < 4.78 is 44.0. The van der Waals surface area contributed by atoms with Crippen molar-refractivity contribution in [2.45, 2.75) is 19.5 Å². The first kappa shape index (κ1) is 23.0. The highest BCUT2D eigenvalue weighted by molar-refractivity contribution is 5.95. The lowest BCUT2D eigenvalue weighted by Crippen LogP contribution is -2.50. The van der Waals surface area contributed by atoms with Crippen molar-refractivity contribution in [1.29, 1.82) is 5.41 Å². The van der Waals surface area contributed by atoms with Crippen LogP contribution in [-0.4, -0.2) is 64.3 Å². The summed E-state index contributed by atoms with van der Waals surface area (Å²) in [6.45, 7) is 3.63. The van der Waals surface area contributed by atoms with Crippen LogP contribution in [0, 0.1) is 5.41 Å². The van der Waals surface area contributed by atoms with Gasteiger partial charge in [-0.05, 0) is 24.6 Å². The number of ether oxygens (including phenoxy) is 1. The Morgan fingerprint density at radius 3 is 2.59 bits per heavy atom. The van der Waals surface area contributed by atoms with Crippen LogP contribution in [0.5, 0.6) is 11.6 Å². The third-order valence-corrected chi connectivity index (χ3v) is 4.65. The average molecular weight is 450 g/mol. The number of carbonyl (C=O) groups excluding carboxylic acids is 1. The minimum Gasteiger partial charge on any atom is -0.438 e. The standard InChI is InChI=1S/C20H21F3N6O3/c1-2-6-25-19(24)29-9-7-28(8-10-29)18(31)13-4-3-5-14(11-13)32-16-12-15(20(21,22)23)17(30)27-26-16/h3-6,11-12,24H,2,7-10H2,1H3,(H,27,30)/b24-19?,25-6-. The number of aromatic amines is 1. The number of nitrogens with zero attached hydrogens (tertiary/aromatic N) is 4. The predicted molar refractivity (Wildman–Crippen MR) is 110 cm³/mol. The van der Waals surface area contributed by atoms with Crippen molar-refractivity contribution >= 4 is 18.1 Å². The Morgan fingerprint density at radius 2 is 1.94 bits per heavy atom. The molecule has 9 nitrogen and oxygen atoms in total. The Balaban J connectivity index is 1.68. The Morgan fingerprint density at radius 1 is 1.25 bits per heavy atom. The SMILES string of the molecule is CC/C=N\C(=N)N1CCN(C(=O)c2cccc(Oc3cc(C(F)(F)F)c(=O)[nH]n3)c2)CC1. The molecule has 1 aromatic heterocycles. The molecule has 1 aliphatic rings. The van der Waals surface area contributed by atoms with Gasteiger partial charge in [-0.3, -0.25) is 15.0 Å². The van der Waals surface area contributed by atoms with E-state index >= 15 is 0 Å². The molecule has 0 saturated carbocycles. The molecule has 1 aliphatic heterocycles. The van der Waals surface area contributed by atoms with Crippen LogP contribution in [0.15, 0.2) is 40.1 Å². The molecule has 0 unspecified atom stereocenters. The number of nitrogens with one attached hydrogen (secondary N) is 2. The van der Waals surface area contributed by atoms with Gasteiger partial charge in [0.05, 0.1) is 0 Å². The van der Waals surface area contributed by atoms with Gasteiger partial charge in [-0.1, -0.05) is 13.0 Å². The van der Waals surface area contributed by atoms with E-state index in [0.29, 0.717) is 32.2 Å². The molecule has 0 spiro atoms. The molecule has 170 valence electrons. The zero-order valence-electron chi connectivity index (χ0n) is 17.1. The van der Waals surface area contributed by atoms with Gasteiger partial charge in [-0.15, -0.1) is 5.10 Å². The van der Waals surface area contributed by atoms with Crippen molar-refractivity contribution in [2.24, 2.45) is 4.99 Å². The molecule has 2 heterocycles. The first-order valence-corrected chi connectivity index (χ1v) is 9.79. The number of piperazine rings is 1. The Hall–Kier alpha value is -3.70. The molecule has 32 heavy (non-hydrogen) atoms. The van der Waals surface area contributed by atoms with Gasteiger partial charge in [0.25, 0.3) is 11.5 Å². The minimum atomic E-state index is -4.85. The van der Waals surface area contributed by atoms with Gasteiger partial charge in [-0.2, -0.15) is 13.2 Å². The predicted octanol–water partition coefficient (Wildman–Crippen LogP) is 2.75. The third kappa shape index (κ3) is 5.50. The van der Waals surface area contributed by atoms with Gasteiger partial charge in [0, 0.05) is 44.0 Å². The maximum absolute atomic E-state index is 12.9. The van der Waals surface area contributed by atoms with E-state index in [-0.39, 0.29) is 23.2 Å². The monoisotopic (exact) mass is 450 g/mol. The first-order chi connectivity index (χ1) is 15.2. The zero-order chi connectivity index (χ0) is 23.3. The van der Waals surface area contributed by atoms with Gasteiger partial charge >= 0.3 is 6.18 Å². The van der Waals surface area contributed by atoms with Gasteiger partial charge in [0.15, 0.2) is 0 Å². The molecule has 1 aromatic carbocycles. The molecule has 1 fully saturated rings. The summed E-state index contributed by atoms with van der Waals surface area (Å²) >= 11 is 0. The van der Waals surface area contributed by atoms with Crippen molar-refractivity contribution in [3.63, 3.8) is 0 Å². The van der Waals surface area contributed by atoms with Crippen molar-refractivity contribution in [2.75, 3.05) is 26.2 Å². The van der Waals surface area contributed by atoms with Crippen LogP contribution in [0.4, 0.5) is 13.2 Å². The molecular weight excluding hydrogens is 429 g/mol. The van der Waals surface area contributed by atoms with E-state index in [9.17, 15) is 22.8 Å². The summed E-state index contributed by atoms with van der Waals surface area (Å²) in [7, 11) is 0. The number of aromatic nitrogens is 2. The van der Waals surface area contributed by atoms with Crippen molar-refractivity contribution < 1.29 is 22.7 Å². The van der Waals surface area contributed by atoms with E-state index in [1.54, 1.807) is 27.2 Å². The van der Waals surface area contributed by atoms with Crippen LogP contribution < -0.4 is 10.3 Å². The highest BCUT2D eigenvalue weighted by Crippen LogP contribution is 2.29. The number of benzene rings is 1. The highest BCUT2D eigenvalue weighted by atomic mass is 19.4. The molecule has 0 aliphatic carbocycles. The Bertz CT molecular complexity index is 1070. The van der Waals surface area contributed by atoms with Crippen LogP contribution >= 0.6 is 0 Å². The summed E-state index contributed by atoms with van der Waals surface area (Å²) in [5.74, 6) is -0.482. The second-order valence-corrected chi connectivity index (χ2v) is 6.90. The number of rotatable bonds is 4. The molecule has 2 aromatic rings. The summed E-state index contributed by atoms with van der Waals surface area (Å²) in [5, 5.41) is 13.2. The number of alkyl halides is 3. The van der Waals surface area contributed by atoms with Crippen LogP contribution in [0.1, 0.15) is 29.3 Å². The lowest BCUT2D eigenvalue weighted by Gasteiger charge is -2.34. The third-order valence-electron chi connectivity index (χ3n) is 4.65. The summed E-state index contributed by atoms with van der Waals surface area (Å²) in [5.41, 5.74) is -2.52. The second-order valence-electron chi connectivity index (χ2n) is 6.90. The fourth-order valence-electron chi connectivity index (χ4n) is 3.03. The zero-order valence-corrected chi connectivity index (χ0v) is 17.1. The van der Waals surface area contributed by atoms with Crippen molar-refractivity contribution in [3.05, 3.63) is 51.8 Å². The molecule has 3 rings (SSSR count). The number of guanidine groups is 1. The number of amides is 1. The quantitative estimate of drug-likeness (QED) is 0.549. The lowest BCUT2D eigenvalue weighted by molar-refractivity contribution is -0.138. The van der Waals surface area contributed by atoms with Gasteiger partial charge in [0.2, 0.25) is 11.8 Å². The molecule has 2 N–H and O–H groups in total. The van der Waals surface area contributed by atoms with Crippen molar-refractivity contribution in [3.8, 4) is 11.6 Å². The number of hydrogen-bond acceptors (Lipinski definition) is 5. The molecule has 1 saturated heterocycles. The summed E-state index contributed by atoms with van der Waals surface area (Å²) in [6, 6.07) is 6.45. The smallest absolute Gasteiger partial charge is 0.421 e. The van der Waals surface area contributed by atoms with Gasteiger partial charge in [-0.25, -0.2) is 10.1 Å². The average Bonchev–Trinajstić information content (AvgIpc) is 2.78. The van der Waals surface area contributed by atoms with E-state index in [1.165, 1.54) is 18.2 Å². The normalized spacial score (nSPS) is 14.6. The number of halogens is 3. The van der Waals surface area contributed by atoms with Gasteiger partial charge in [0.1, 0.15) is 11.3 Å². The van der Waals surface area contributed by atoms with Crippen LogP contribution in [-0.2, 0) is 6.18 Å². The van der Waals surface area contributed by atoms with E-state index in [2.05, 4.69) is 10.1 Å². The van der Waals surface area contributed by atoms with Crippen LogP contribution in [0.3, 0.4) is 0 Å². The number of aliphatic imine (C=N–C) groups is 1. The van der Waals surface area contributed by atoms with Crippen LogP contribution in [0.25, 0.3) is 0 Å². The molecule has 1 amide bonds. The van der Waals surface area contributed by atoms with E-state index in [1.807, 2.05) is 6.92 Å². The Kier molecular flexibility index (Phi) is 6.91. The van der Waals surface area contributed by atoms with E-state index in [4.69, 9.17) is 10.1 Å². The second kappa shape index (κ2) is 9.62. The highest BCUT2D eigenvalue weighted by Gasteiger charge is 2.35. The maximum Gasteiger partial charge on any atom is 0.421 e. The maximum atomic E-state index is 12.9. The molecule has 12 heteroatoms. The van der Waals surface area contributed by atoms with Crippen LogP contribution in [0.2, 0.25) is 0 Å². The van der Waals surface area contributed by atoms with E-state index < -0.39 is 23.2 Å². The fraction of sp³-hybridized carbons (Fsp3) is 0.350. The van der Waals surface area contributed by atoms with Gasteiger partial charge < -0.3 is 14.5 Å².